The van der Waals surface area contributed by atoms with Gasteiger partial charge >= 0.3 is 0 Å². The lowest BCUT2D eigenvalue weighted by Crippen LogP contribution is -2.14. The van der Waals surface area contributed by atoms with E-state index in [0.29, 0.717) is 5.56 Å². The van der Waals surface area contributed by atoms with Crippen LogP contribution in [0.15, 0.2) is 34.2 Å². The van der Waals surface area contributed by atoms with Crippen molar-refractivity contribution in [2.75, 3.05) is 5.75 Å². The third-order valence-electron chi connectivity index (χ3n) is 2.38. The molecule has 1 aromatic heterocycles. The van der Waals surface area contributed by atoms with Crippen molar-refractivity contribution >= 4 is 11.8 Å². The Balaban J connectivity index is 2.61. The minimum absolute atomic E-state index is 0.108. The summed E-state index contributed by atoms with van der Waals surface area (Å²) in [6.45, 7) is 0. The summed E-state index contributed by atoms with van der Waals surface area (Å²) in [7, 11) is 0. The lowest BCUT2D eigenvalue weighted by Gasteiger charge is -2.05. The van der Waals surface area contributed by atoms with Gasteiger partial charge in [-0.1, -0.05) is 23.9 Å². The Hall–Kier alpha value is -2.64. The van der Waals surface area contributed by atoms with Crippen molar-refractivity contribution in [3.05, 3.63) is 46.0 Å². The highest BCUT2D eigenvalue weighted by Crippen LogP contribution is 2.22. The summed E-state index contributed by atoms with van der Waals surface area (Å²) in [6.07, 6.45) is 0. The molecule has 0 bridgehead atoms. The van der Waals surface area contributed by atoms with Gasteiger partial charge in [-0.05, 0) is 12.1 Å². The summed E-state index contributed by atoms with van der Waals surface area (Å²) >= 11 is 1.04. The van der Waals surface area contributed by atoms with E-state index in [4.69, 9.17) is 10.5 Å². The van der Waals surface area contributed by atoms with Crippen molar-refractivity contribution in [1.29, 1.82) is 10.5 Å². The average molecular weight is 286 g/mol. The average Bonchev–Trinajstić information content (AvgIpc) is 2.44. The highest BCUT2D eigenvalue weighted by atomic mass is 32.2. The zero-order chi connectivity index (χ0) is 14.5. The summed E-state index contributed by atoms with van der Waals surface area (Å²) in [5.41, 5.74) is -0.346. The number of aromatic amines is 1. The Bertz CT molecular complexity index is 788. The van der Waals surface area contributed by atoms with Crippen LogP contribution < -0.4 is 5.56 Å². The summed E-state index contributed by atoms with van der Waals surface area (Å²) in [4.78, 5) is 18.3. The second-order valence-corrected chi connectivity index (χ2v) is 4.63. The summed E-state index contributed by atoms with van der Waals surface area (Å²) in [6, 6.07) is 9.15. The van der Waals surface area contributed by atoms with Crippen molar-refractivity contribution in [1.82, 2.24) is 9.97 Å². The molecule has 1 aromatic carbocycles. The van der Waals surface area contributed by atoms with E-state index in [9.17, 15) is 9.18 Å². The van der Waals surface area contributed by atoms with Crippen LogP contribution >= 0.6 is 11.8 Å². The minimum atomic E-state index is -0.609. The monoisotopic (exact) mass is 286 g/mol. The third kappa shape index (κ3) is 2.85. The molecule has 2 rings (SSSR count). The van der Waals surface area contributed by atoms with Crippen LogP contribution in [0, 0.1) is 28.5 Å². The van der Waals surface area contributed by atoms with Crippen LogP contribution in [0.5, 0.6) is 0 Å². The van der Waals surface area contributed by atoms with Gasteiger partial charge in [-0.15, -0.1) is 0 Å². The van der Waals surface area contributed by atoms with Gasteiger partial charge in [0.05, 0.1) is 17.5 Å². The first-order valence-corrected chi connectivity index (χ1v) is 6.44. The van der Waals surface area contributed by atoms with Gasteiger partial charge in [0.25, 0.3) is 5.56 Å². The fourth-order valence-corrected chi connectivity index (χ4v) is 2.09. The van der Waals surface area contributed by atoms with Crippen LogP contribution in [0.3, 0.4) is 0 Å². The maximum absolute atomic E-state index is 13.2. The molecule has 98 valence electrons. The second-order valence-electron chi connectivity index (χ2n) is 3.66. The van der Waals surface area contributed by atoms with E-state index in [1.807, 2.05) is 6.07 Å². The largest absolute Gasteiger partial charge is 0.300 e. The first-order chi connectivity index (χ1) is 9.65. The standard InChI is InChI=1S/C13H7FN4OS/c14-9-3-1-2-8(6-9)11-10(7-16)12(19)18-13(17-11)20-5-4-15/h1-3,6H,5H2,(H,17,18,19). The van der Waals surface area contributed by atoms with Gasteiger partial charge in [0.15, 0.2) is 5.16 Å². The van der Waals surface area contributed by atoms with E-state index in [0.717, 1.165) is 11.8 Å². The number of rotatable bonds is 3. The molecule has 2 aromatic rings. The molecular formula is C13H7FN4OS. The fraction of sp³-hybridized carbons (Fsp3) is 0.0769. The van der Waals surface area contributed by atoms with Crippen LogP contribution in [-0.4, -0.2) is 15.7 Å². The Labute approximate surface area is 117 Å². The van der Waals surface area contributed by atoms with Crippen LogP contribution in [0.4, 0.5) is 4.39 Å². The molecule has 0 aliphatic carbocycles. The Morgan fingerprint density at radius 3 is 2.85 bits per heavy atom. The number of benzene rings is 1. The molecule has 0 atom stereocenters. The molecule has 5 nitrogen and oxygen atoms in total. The third-order valence-corrected chi connectivity index (χ3v) is 3.12. The Morgan fingerprint density at radius 1 is 1.40 bits per heavy atom. The van der Waals surface area contributed by atoms with E-state index in [1.165, 1.54) is 18.2 Å². The molecule has 7 heteroatoms. The van der Waals surface area contributed by atoms with Gasteiger partial charge in [0, 0.05) is 5.56 Å². The van der Waals surface area contributed by atoms with Crippen molar-refractivity contribution in [2.45, 2.75) is 5.16 Å². The lowest BCUT2D eigenvalue weighted by molar-refractivity contribution is 0.628. The van der Waals surface area contributed by atoms with Gasteiger partial charge in [0.2, 0.25) is 0 Å². The number of H-pyrrole nitrogens is 1. The van der Waals surface area contributed by atoms with Gasteiger partial charge < -0.3 is 4.98 Å². The smallest absolute Gasteiger partial charge is 0.270 e. The highest BCUT2D eigenvalue weighted by molar-refractivity contribution is 7.99. The first kappa shape index (κ1) is 13.8. The zero-order valence-electron chi connectivity index (χ0n) is 10.1. The van der Waals surface area contributed by atoms with Crippen molar-refractivity contribution in [3.8, 4) is 23.4 Å². The molecule has 0 saturated carbocycles. The van der Waals surface area contributed by atoms with Crippen LogP contribution in [0.2, 0.25) is 0 Å². The molecule has 0 unspecified atom stereocenters. The number of nitrogens with zero attached hydrogens (tertiary/aromatic N) is 3. The second kappa shape index (κ2) is 6.00. The topological polar surface area (TPSA) is 93.3 Å². The number of hydrogen-bond donors (Lipinski definition) is 1. The molecule has 0 saturated heterocycles. The quantitative estimate of drug-likeness (QED) is 0.688. The maximum Gasteiger partial charge on any atom is 0.270 e. The number of aromatic nitrogens is 2. The summed E-state index contributed by atoms with van der Waals surface area (Å²) < 4.78 is 13.2. The molecule has 20 heavy (non-hydrogen) atoms. The number of nitrogens with one attached hydrogen (secondary N) is 1. The van der Waals surface area contributed by atoms with Gasteiger partial charge in [-0.2, -0.15) is 10.5 Å². The fourth-order valence-electron chi connectivity index (χ4n) is 1.57. The number of thioether (sulfide) groups is 1. The molecule has 0 amide bonds. The number of halogens is 1. The van der Waals surface area contributed by atoms with Gasteiger partial charge in [-0.3, -0.25) is 4.79 Å². The van der Waals surface area contributed by atoms with E-state index in [1.54, 1.807) is 12.1 Å². The summed E-state index contributed by atoms with van der Waals surface area (Å²) in [5.74, 6) is -0.378. The maximum atomic E-state index is 13.2. The number of hydrogen-bond acceptors (Lipinski definition) is 5. The normalized spacial score (nSPS) is 9.75. The predicted octanol–water partition coefficient (Wildman–Crippen LogP) is 2.06. The lowest BCUT2D eigenvalue weighted by atomic mass is 10.1. The van der Waals surface area contributed by atoms with Crippen molar-refractivity contribution in [3.63, 3.8) is 0 Å². The predicted molar refractivity (Wildman–Crippen MR) is 71.3 cm³/mol. The van der Waals surface area contributed by atoms with E-state index < -0.39 is 11.4 Å². The minimum Gasteiger partial charge on any atom is -0.300 e. The van der Waals surface area contributed by atoms with E-state index in [2.05, 4.69) is 9.97 Å². The molecule has 0 aliphatic rings. The van der Waals surface area contributed by atoms with E-state index in [-0.39, 0.29) is 22.2 Å². The highest BCUT2D eigenvalue weighted by Gasteiger charge is 2.13. The van der Waals surface area contributed by atoms with Gasteiger partial charge in [0.1, 0.15) is 17.4 Å². The van der Waals surface area contributed by atoms with E-state index >= 15 is 0 Å². The molecule has 0 spiro atoms. The summed E-state index contributed by atoms with van der Waals surface area (Å²) in [5, 5.41) is 17.8. The SMILES string of the molecule is N#CCSc1nc(-c2cccc(F)c2)c(C#N)c(=O)[nH]1. The molecule has 0 fully saturated rings. The Kier molecular flexibility index (Phi) is 4.14. The molecule has 1 heterocycles. The van der Waals surface area contributed by atoms with Crippen LogP contribution in [0.25, 0.3) is 11.3 Å². The molecule has 0 aliphatic heterocycles. The number of nitriles is 2. The molecular weight excluding hydrogens is 279 g/mol. The van der Waals surface area contributed by atoms with Gasteiger partial charge in [-0.25, -0.2) is 9.37 Å². The Morgan fingerprint density at radius 2 is 2.20 bits per heavy atom. The molecule has 1 N–H and O–H groups in total. The van der Waals surface area contributed by atoms with Crippen LogP contribution in [0.1, 0.15) is 5.56 Å². The van der Waals surface area contributed by atoms with Crippen molar-refractivity contribution < 1.29 is 4.39 Å². The zero-order valence-corrected chi connectivity index (χ0v) is 10.9. The van der Waals surface area contributed by atoms with Crippen LogP contribution in [-0.2, 0) is 0 Å². The van der Waals surface area contributed by atoms with Crippen molar-refractivity contribution in [2.24, 2.45) is 0 Å². The first-order valence-electron chi connectivity index (χ1n) is 5.46. The molecule has 0 radical (unpaired) electrons.